The smallest absolute Gasteiger partial charge is 0.135 e. The number of rotatable bonds is 4. The summed E-state index contributed by atoms with van der Waals surface area (Å²) >= 11 is 0. The Morgan fingerprint density at radius 3 is 1.73 bits per heavy atom. The lowest BCUT2D eigenvalue weighted by molar-refractivity contribution is 0.507. The molecule has 8 aromatic carbocycles. The van der Waals surface area contributed by atoms with Gasteiger partial charge in [0.05, 0.1) is 11.4 Å². The summed E-state index contributed by atoms with van der Waals surface area (Å²) in [6.07, 6.45) is 0. The number of hydrogen-bond donors (Lipinski definition) is 0. The van der Waals surface area contributed by atoms with Crippen molar-refractivity contribution in [3.8, 4) is 67.0 Å². The number of pyridine rings is 1. The lowest BCUT2D eigenvalue weighted by atomic mass is 9.73. The van der Waals surface area contributed by atoms with E-state index in [0.29, 0.717) is 0 Å². The number of nitrogens with zero attached hydrogens (tertiary/aromatic N) is 1. The first-order valence-corrected chi connectivity index (χ1v) is 19.3. The Kier molecular flexibility index (Phi) is 6.58. The standard InChI is InChI=1S/C54H33NO/c1-2-15-37(16-3-1)48-32-38(33-49(55-48)43-23-12-17-35-14-4-5-18-39(35)43)34-28-30-36(31-29-34)40-22-13-26-47-51(40)52-44-21-8-11-27-50(44)56-53(52)54(47)45-24-9-6-19-41(45)42-20-7-10-25-46(42)54/h1-33H. The quantitative estimate of drug-likeness (QED) is 0.182. The highest BCUT2D eigenvalue weighted by molar-refractivity contribution is 6.08. The summed E-state index contributed by atoms with van der Waals surface area (Å²) in [6, 6.07) is 72.2. The number of aromatic nitrogens is 1. The highest BCUT2D eigenvalue weighted by Gasteiger charge is 2.55. The zero-order valence-electron chi connectivity index (χ0n) is 30.4. The second-order valence-corrected chi connectivity index (χ2v) is 15.0. The Balaban J connectivity index is 1.05. The molecule has 0 amide bonds. The molecule has 2 aromatic heterocycles. The Labute approximate surface area is 325 Å². The normalized spacial score (nSPS) is 13.1. The van der Waals surface area contributed by atoms with Crippen molar-refractivity contribution < 1.29 is 4.42 Å². The maximum atomic E-state index is 7.03. The summed E-state index contributed by atoms with van der Waals surface area (Å²) in [6.45, 7) is 0. The summed E-state index contributed by atoms with van der Waals surface area (Å²) in [4.78, 5) is 5.25. The van der Waals surface area contributed by atoms with E-state index in [4.69, 9.17) is 9.40 Å². The topological polar surface area (TPSA) is 26.0 Å². The number of fused-ring (bicyclic) bond motifs is 13. The van der Waals surface area contributed by atoms with Crippen LogP contribution < -0.4 is 0 Å². The maximum absolute atomic E-state index is 7.03. The van der Waals surface area contributed by atoms with Gasteiger partial charge in [-0.1, -0.05) is 182 Å². The van der Waals surface area contributed by atoms with Gasteiger partial charge in [0, 0.05) is 22.1 Å². The van der Waals surface area contributed by atoms with Gasteiger partial charge in [0.1, 0.15) is 16.8 Å². The highest BCUT2D eigenvalue weighted by Crippen LogP contribution is 2.65. The van der Waals surface area contributed by atoms with Crippen molar-refractivity contribution in [3.63, 3.8) is 0 Å². The average molecular weight is 712 g/mol. The predicted octanol–water partition coefficient (Wildman–Crippen LogP) is 14.0. The average Bonchev–Trinajstić information content (AvgIpc) is 3.90. The molecule has 260 valence electrons. The van der Waals surface area contributed by atoms with E-state index in [-0.39, 0.29) is 0 Å². The molecule has 0 unspecified atom stereocenters. The predicted molar refractivity (Wildman–Crippen MR) is 230 cm³/mol. The molecule has 2 aliphatic carbocycles. The fourth-order valence-electron chi connectivity index (χ4n) is 9.71. The van der Waals surface area contributed by atoms with Gasteiger partial charge < -0.3 is 4.42 Å². The molecule has 0 aliphatic heterocycles. The van der Waals surface area contributed by atoms with E-state index < -0.39 is 5.41 Å². The summed E-state index contributed by atoms with van der Waals surface area (Å²) < 4.78 is 7.03. The van der Waals surface area contributed by atoms with Crippen LogP contribution in [0.2, 0.25) is 0 Å². The molecule has 0 fully saturated rings. The zero-order chi connectivity index (χ0) is 36.8. The monoisotopic (exact) mass is 711 g/mol. The lowest BCUT2D eigenvalue weighted by Crippen LogP contribution is -2.25. The molecule has 2 nitrogen and oxygen atoms in total. The summed E-state index contributed by atoms with van der Waals surface area (Å²) in [5, 5.41) is 3.55. The Morgan fingerprint density at radius 2 is 0.929 bits per heavy atom. The van der Waals surface area contributed by atoms with Crippen LogP contribution >= 0.6 is 0 Å². The number of hydrogen-bond acceptors (Lipinski definition) is 2. The van der Waals surface area contributed by atoms with Crippen molar-refractivity contribution in [1.29, 1.82) is 0 Å². The summed E-state index contributed by atoms with van der Waals surface area (Å²) in [5.74, 6) is 1.02. The Hall–Kier alpha value is -7.29. The van der Waals surface area contributed by atoms with Crippen LogP contribution in [0.1, 0.15) is 22.5 Å². The van der Waals surface area contributed by atoms with Crippen molar-refractivity contribution in [3.05, 3.63) is 223 Å². The molecule has 0 atom stereocenters. The largest absolute Gasteiger partial charge is 0.459 e. The minimum Gasteiger partial charge on any atom is -0.459 e. The van der Waals surface area contributed by atoms with E-state index in [1.165, 1.54) is 60.8 Å². The molecule has 0 saturated carbocycles. The van der Waals surface area contributed by atoms with Crippen molar-refractivity contribution >= 4 is 21.7 Å². The molecule has 2 aliphatic rings. The molecule has 0 radical (unpaired) electrons. The van der Waals surface area contributed by atoms with E-state index in [1.54, 1.807) is 0 Å². The van der Waals surface area contributed by atoms with Crippen LogP contribution in [0.25, 0.3) is 88.8 Å². The number of para-hydroxylation sites is 1. The van der Waals surface area contributed by atoms with Gasteiger partial charge in [0.2, 0.25) is 0 Å². The fraction of sp³-hybridized carbons (Fsp3) is 0.0185. The molecular formula is C54H33NO. The third kappa shape index (κ3) is 4.30. The van der Waals surface area contributed by atoms with Crippen LogP contribution in [0.5, 0.6) is 0 Å². The van der Waals surface area contributed by atoms with Crippen molar-refractivity contribution in [2.75, 3.05) is 0 Å². The van der Waals surface area contributed by atoms with Crippen LogP contribution in [0.3, 0.4) is 0 Å². The van der Waals surface area contributed by atoms with Crippen LogP contribution in [0.4, 0.5) is 0 Å². The van der Waals surface area contributed by atoms with Gasteiger partial charge in [-0.15, -0.1) is 0 Å². The third-order valence-corrected chi connectivity index (χ3v) is 12.1. The maximum Gasteiger partial charge on any atom is 0.135 e. The first-order chi connectivity index (χ1) is 27.8. The van der Waals surface area contributed by atoms with Crippen LogP contribution in [0, 0.1) is 0 Å². The minimum atomic E-state index is -0.546. The van der Waals surface area contributed by atoms with Crippen molar-refractivity contribution in [2.24, 2.45) is 0 Å². The van der Waals surface area contributed by atoms with Crippen molar-refractivity contribution in [2.45, 2.75) is 5.41 Å². The molecule has 12 rings (SSSR count). The molecular weight excluding hydrogens is 679 g/mol. The lowest BCUT2D eigenvalue weighted by Gasteiger charge is -2.28. The van der Waals surface area contributed by atoms with Gasteiger partial charge in [0.25, 0.3) is 0 Å². The number of furan rings is 1. The zero-order valence-corrected chi connectivity index (χ0v) is 30.4. The first-order valence-electron chi connectivity index (χ1n) is 19.3. The van der Waals surface area contributed by atoms with E-state index >= 15 is 0 Å². The Bertz CT molecular complexity index is 3140. The molecule has 56 heavy (non-hydrogen) atoms. The van der Waals surface area contributed by atoms with Crippen LogP contribution in [-0.4, -0.2) is 4.98 Å². The van der Waals surface area contributed by atoms with Crippen molar-refractivity contribution in [1.82, 2.24) is 4.98 Å². The van der Waals surface area contributed by atoms with Gasteiger partial charge in [-0.05, 0) is 84.6 Å². The molecule has 0 bridgehead atoms. The molecule has 0 N–H and O–H groups in total. The Morgan fingerprint density at radius 1 is 0.357 bits per heavy atom. The van der Waals surface area contributed by atoms with Gasteiger partial charge in [-0.2, -0.15) is 0 Å². The van der Waals surface area contributed by atoms with Gasteiger partial charge in [-0.3, -0.25) is 0 Å². The first kappa shape index (κ1) is 31.1. The second-order valence-electron chi connectivity index (χ2n) is 15.0. The summed E-state index contributed by atoms with van der Waals surface area (Å²) in [7, 11) is 0. The summed E-state index contributed by atoms with van der Waals surface area (Å²) in [5.41, 5.74) is 18.0. The van der Waals surface area contributed by atoms with Crippen LogP contribution in [0.15, 0.2) is 205 Å². The van der Waals surface area contributed by atoms with Gasteiger partial charge >= 0.3 is 0 Å². The minimum absolute atomic E-state index is 0.546. The van der Waals surface area contributed by atoms with E-state index in [0.717, 1.165) is 50.4 Å². The second kappa shape index (κ2) is 11.9. The third-order valence-electron chi connectivity index (χ3n) is 12.1. The molecule has 10 aromatic rings. The molecule has 2 heteroatoms. The molecule has 0 saturated heterocycles. The highest BCUT2D eigenvalue weighted by atomic mass is 16.3. The van der Waals surface area contributed by atoms with Gasteiger partial charge in [0.15, 0.2) is 0 Å². The number of benzene rings is 8. The van der Waals surface area contributed by atoms with E-state index in [9.17, 15) is 0 Å². The van der Waals surface area contributed by atoms with Crippen LogP contribution in [-0.2, 0) is 5.41 Å². The van der Waals surface area contributed by atoms with E-state index in [1.807, 2.05) is 0 Å². The van der Waals surface area contributed by atoms with Gasteiger partial charge in [-0.25, -0.2) is 4.98 Å². The fourth-order valence-corrected chi connectivity index (χ4v) is 9.71. The SMILES string of the molecule is c1ccc(-c2cc(-c3ccc(-c4cccc5c4-c4c(oc6ccccc46)C54c5ccccc5-c5ccccc54)cc3)cc(-c3cccc4ccccc34)n2)cc1. The molecule has 2 heterocycles. The van der Waals surface area contributed by atoms with E-state index in [2.05, 4.69) is 200 Å². The molecule has 1 spiro atoms.